The molecule has 0 bridgehead atoms. The number of rotatable bonds is 6. The summed E-state index contributed by atoms with van der Waals surface area (Å²) in [6, 6.07) is 6.70. The number of benzene rings is 1. The van der Waals surface area contributed by atoms with E-state index in [0.29, 0.717) is 23.7 Å². The summed E-state index contributed by atoms with van der Waals surface area (Å²) < 4.78 is 25.5. The molecule has 0 aliphatic carbocycles. The highest BCUT2D eigenvalue weighted by atomic mass is 32.1. The number of carbonyl (C=O) groups excluding carboxylic acids is 1. The monoisotopic (exact) mass is 419 g/mol. The predicted octanol–water partition coefficient (Wildman–Crippen LogP) is 3.08. The van der Waals surface area contributed by atoms with Gasteiger partial charge in [-0.05, 0) is 30.9 Å². The van der Waals surface area contributed by atoms with Crippen LogP contribution in [0.2, 0.25) is 0 Å². The minimum atomic E-state index is -0.228. The first-order chi connectivity index (χ1) is 14.1. The number of methoxy groups -OCH3 is 1. The lowest BCUT2D eigenvalue weighted by Gasteiger charge is -2.44. The van der Waals surface area contributed by atoms with E-state index >= 15 is 0 Å². The van der Waals surface area contributed by atoms with Crippen LogP contribution in [-0.4, -0.2) is 60.8 Å². The van der Waals surface area contributed by atoms with E-state index in [4.69, 9.17) is 9.47 Å². The Morgan fingerprint density at radius 3 is 3.07 bits per heavy atom. The highest BCUT2D eigenvalue weighted by molar-refractivity contribution is 7.15. The van der Waals surface area contributed by atoms with Gasteiger partial charge in [0, 0.05) is 44.3 Å². The van der Waals surface area contributed by atoms with Crippen molar-refractivity contribution in [3.05, 3.63) is 46.7 Å². The molecule has 0 unspecified atom stereocenters. The number of anilines is 1. The summed E-state index contributed by atoms with van der Waals surface area (Å²) >= 11 is 1.37. The Morgan fingerprint density at radius 2 is 2.31 bits per heavy atom. The molecule has 156 valence electrons. The number of aromatic nitrogens is 1. The smallest absolute Gasteiger partial charge is 0.240 e. The molecule has 0 radical (unpaired) electrons. The van der Waals surface area contributed by atoms with E-state index in [0.717, 1.165) is 37.3 Å². The van der Waals surface area contributed by atoms with Crippen molar-refractivity contribution >= 4 is 22.4 Å². The fourth-order valence-electron chi connectivity index (χ4n) is 4.24. The summed E-state index contributed by atoms with van der Waals surface area (Å²) in [5, 5.41) is 3.40. The van der Waals surface area contributed by atoms with Gasteiger partial charge in [-0.1, -0.05) is 18.2 Å². The summed E-state index contributed by atoms with van der Waals surface area (Å²) in [4.78, 5) is 19.8. The van der Waals surface area contributed by atoms with Gasteiger partial charge in [0.15, 0.2) is 5.13 Å². The van der Waals surface area contributed by atoms with E-state index in [1.165, 1.54) is 17.4 Å². The van der Waals surface area contributed by atoms with Crippen molar-refractivity contribution in [2.45, 2.75) is 37.4 Å². The van der Waals surface area contributed by atoms with Gasteiger partial charge < -0.3 is 14.8 Å². The quantitative estimate of drug-likeness (QED) is 0.780. The third-order valence-corrected chi connectivity index (χ3v) is 6.68. The second kappa shape index (κ2) is 8.87. The summed E-state index contributed by atoms with van der Waals surface area (Å²) in [5.74, 6) is -0.330. The first-order valence-corrected chi connectivity index (χ1v) is 10.8. The molecule has 1 spiro atoms. The lowest BCUT2D eigenvalue weighted by atomic mass is 9.86. The molecule has 2 saturated heterocycles. The third kappa shape index (κ3) is 4.66. The molecule has 1 aromatic carbocycles. The lowest BCUT2D eigenvalue weighted by molar-refractivity contribution is -0.145. The Hall–Kier alpha value is -1.87. The van der Waals surface area contributed by atoms with Crippen molar-refractivity contribution in [2.75, 3.05) is 38.7 Å². The normalized spacial score (nSPS) is 24.8. The fraction of sp³-hybridized carbons (Fsp3) is 0.524. The maximum atomic E-state index is 13.8. The number of hydrogen-bond acceptors (Lipinski definition) is 6. The van der Waals surface area contributed by atoms with E-state index in [9.17, 15) is 9.18 Å². The molecule has 3 heterocycles. The SMILES string of the molecule is CO[C@H]1CN(CC(=O)Nc2ncc(Cc3ccccc3F)s2)CC[C@]12CCCO2. The van der Waals surface area contributed by atoms with Crippen LogP contribution in [-0.2, 0) is 20.7 Å². The van der Waals surface area contributed by atoms with Gasteiger partial charge in [0.05, 0.1) is 18.2 Å². The van der Waals surface area contributed by atoms with Crippen LogP contribution in [0.15, 0.2) is 30.5 Å². The highest BCUT2D eigenvalue weighted by Gasteiger charge is 2.46. The van der Waals surface area contributed by atoms with Crippen LogP contribution < -0.4 is 5.32 Å². The van der Waals surface area contributed by atoms with Crippen LogP contribution in [0.1, 0.15) is 29.7 Å². The van der Waals surface area contributed by atoms with Crippen molar-refractivity contribution in [3.63, 3.8) is 0 Å². The number of carbonyl (C=O) groups is 1. The van der Waals surface area contributed by atoms with E-state index in [-0.39, 0.29) is 30.0 Å². The van der Waals surface area contributed by atoms with E-state index in [2.05, 4.69) is 15.2 Å². The molecule has 2 aliphatic heterocycles. The van der Waals surface area contributed by atoms with Crippen LogP contribution in [0.5, 0.6) is 0 Å². The van der Waals surface area contributed by atoms with Crippen molar-refractivity contribution in [1.29, 1.82) is 0 Å². The molecule has 1 aromatic heterocycles. The van der Waals surface area contributed by atoms with Gasteiger partial charge in [-0.2, -0.15) is 0 Å². The van der Waals surface area contributed by atoms with Crippen molar-refractivity contribution in [1.82, 2.24) is 9.88 Å². The average Bonchev–Trinajstić information content (AvgIpc) is 3.35. The van der Waals surface area contributed by atoms with Crippen molar-refractivity contribution < 1.29 is 18.7 Å². The Balaban J connectivity index is 1.30. The molecule has 2 aromatic rings. The number of piperidine rings is 1. The van der Waals surface area contributed by atoms with Crippen LogP contribution in [0, 0.1) is 5.82 Å². The number of amides is 1. The first kappa shape index (κ1) is 20.4. The van der Waals surface area contributed by atoms with Crippen molar-refractivity contribution in [2.24, 2.45) is 0 Å². The number of hydrogen-bond donors (Lipinski definition) is 1. The minimum Gasteiger partial charge on any atom is -0.377 e. The average molecular weight is 420 g/mol. The highest BCUT2D eigenvalue weighted by Crippen LogP contribution is 2.37. The zero-order chi connectivity index (χ0) is 20.3. The van der Waals surface area contributed by atoms with Gasteiger partial charge in [0.2, 0.25) is 5.91 Å². The van der Waals surface area contributed by atoms with Gasteiger partial charge >= 0.3 is 0 Å². The molecule has 2 aliphatic rings. The summed E-state index contributed by atoms with van der Waals surface area (Å²) in [6.45, 7) is 2.57. The molecular weight excluding hydrogens is 393 g/mol. The van der Waals surface area contributed by atoms with Gasteiger partial charge in [0.1, 0.15) is 5.82 Å². The predicted molar refractivity (Wildman–Crippen MR) is 110 cm³/mol. The van der Waals surface area contributed by atoms with Gasteiger partial charge in [-0.25, -0.2) is 9.37 Å². The molecule has 2 atom stereocenters. The molecule has 6 nitrogen and oxygen atoms in total. The van der Waals surface area contributed by atoms with Crippen LogP contribution in [0.4, 0.5) is 9.52 Å². The molecule has 4 rings (SSSR count). The van der Waals surface area contributed by atoms with Gasteiger partial charge in [-0.15, -0.1) is 11.3 Å². The standard InChI is InChI=1S/C21H26FN3O3S/c1-27-18-13-25(9-8-21(18)7-4-10-28-21)14-19(26)24-20-23-12-16(29-20)11-15-5-2-3-6-17(15)22/h2-3,5-6,12,18H,4,7-11,13-14H2,1H3,(H,23,24,26)/t18-,21+/m0/s1. The fourth-order valence-corrected chi connectivity index (χ4v) is 5.09. The minimum absolute atomic E-state index is 0.0150. The van der Waals surface area contributed by atoms with Gasteiger partial charge in [0.25, 0.3) is 0 Å². The topological polar surface area (TPSA) is 63.7 Å². The molecule has 0 saturated carbocycles. The third-order valence-electron chi connectivity index (χ3n) is 5.77. The summed E-state index contributed by atoms with van der Waals surface area (Å²) in [6.07, 6.45) is 5.11. The van der Waals surface area contributed by atoms with Crippen LogP contribution in [0.3, 0.4) is 0 Å². The number of nitrogens with zero attached hydrogens (tertiary/aromatic N) is 2. The Labute approximate surface area is 174 Å². The molecule has 1 amide bonds. The summed E-state index contributed by atoms with van der Waals surface area (Å²) in [5.41, 5.74) is 0.439. The second-order valence-electron chi connectivity index (χ2n) is 7.67. The second-order valence-corrected chi connectivity index (χ2v) is 8.79. The number of likely N-dealkylation sites (tertiary alicyclic amines) is 1. The van der Waals surface area contributed by atoms with Gasteiger partial charge in [-0.3, -0.25) is 9.69 Å². The maximum Gasteiger partial charge on any atom is 0.240 e. The molecule has 29 heavy (non-hydrogen) atoms. The number of nitrogens with one attached hydrogen (secondary N) is 1. The lowest BCUT2D eigenvalue weighted by Crippen LogP contribution is -2.57. The Bertz CT molecular complexity index is 853. The first-order valence-electron chi connectivity index (χ1n) is 9.95. The van der Waals surface area contributed by atoms with Crippen molar-refractivity contribution in [3.8, 4) is 0 Å². The number of thiazole rings is 1. The van der Waals surface area contributed by atoms with E-state index in [1.54, 1.807) is 25.4 Å². The van der Waals surface area contributed by atoms with E-state index < -0.39 is 0 Å². The largest absolute Gasteiger partial charge is 0.377 e. The molecule has 8 heteroatoms. The number of halogens is 1. The Morgan fingerprint density at radius 1 is 1.45 bits per heavy atom. The molecular formula is C21H26FN3O3S. The maximum absolute atomic E-state index is 13.8. The zero-order valence-electron chi connectivity index (χ0n) is 16.5. The van der Waals surface area contributed by atoms with Crippen LogP contribution in [0.25, 0.3) is 0 Å². The molecule has 1 N–H and O–H groups in total. The zero-order valence-corrected chi connectivity index (χ0v) is 17.3. The Kier molecular flexibility index (Phi) is 6.24. The number of ether oxygens (including phenoxy) is 2. The van der Waals surface area contributed by atoms with E-state index in [1.807, 2.05) is 6.07 Å². The molecule has 2 fully saturated rings. The summed E-state index contributed by atoms with van der Waals surface area (Å²) in [7, 11) is 1.71. The van der Waals surface area contributed by atoms with Crippen LogP contribution >= 0.6 is 11.3 Å².